The van der Waals surface area contributed by atoms with E-state index in [1.165, 1.54) is 12.1 Å². The molecule has 4 heteroatoms. The Morgan fingerprint density at radius 2 is 2.00 bits per heavy atom. The van der Waals surface area contributed by atoms with Gasteiger partial charge in [-0.25, -0.2) is 4.39 Å². The molecule has 2 N–H and O–H groups in total. The van der Waals surface area contributed by atoms with Crippen LogP contribution in [0.5, 0.6) is 0 Å². The van der Waals surface area contributed by atoms with Crippen LogP contribution in [0, 0.1) is 5.82 Å². The summed E-state index contributed by atoms with van der Waals surface area (Å²) >= 11 is 5.22. The first-order valence-electron chi connectivity index (χ1n) is 5.84. The van der Waals surface area contributed by atoms with Crippen molar-refractivity contribution in [1.82, 2.24) is 5.32 Å². The van der Waals surface area contributed by atoms with E-state index in [2.05, 4.69) is 31.4 Å². The molecule has 0 heterocycles. The molecule has 0 atom stereocenters. The van der Waals surface area contributed by atoms with E-state index in [1.807, 2.05) is 0 Å². The van der Waals surface area contributed by atoms with Crippen LogP contribution in [0.2, 0.25) is 0 Å². The maximum absolute atomic E-state index is 13.0. The Hall–Kier alpha value is -1.16. The smallest absolute Gasteiger partial charge is 0.171 e. The van der Waals surface area contributed by atoms with Crippen LogP contribution in [0.4, 0.5) is 10.1 Å². The molecule has 94 valence electrons. The van der Waals surface area contributed by atoms with Crippen molar-refractivity contribution in [1.29, 1.82) is 0 Å². The lowest BCUT2D eigenvalue weighted by atomic mass is 9.96. The topological polar surface area (TPSA) is 24.1 Å². The van der Waals surface area contributed by atoms with Crippen LogP contribution in [0.1, 0.15) is 33.6 Å². The monoisotopic (exact) mass is 254 g/mol. The van der Waals surface area contributed by atoms with Crippen molar-refractivity contribution >= 4 is 23.0 Å². The van der Waals surface area contributed by atoms with Crippen LogP contribution in [0.25, 0.3) is 0 Å². The van der Waals surface area contributed by atoms with Crippen molar-refractivity contribution in [3.63, 3.8) is 0 Å². The highest BCUT2D eigenvalue weighted by molar-refractivity contribution is 7.80. The molecule has 1 aromatic rings. The summed E-state index contributed by atoms with van der Waals surface area (Å²) in [6, 6.07) is 6.26. The average molecular weight is 254 g/mol. The van der Waals surface area contributed by atoms with Gasteiger partial charge in [-0.2, -0.15) is 0 Å². The Bertz CT molecular complexity index is 389. The van der Waals surface area contributed by atoms with E-state index in [9.17, 15) is 4.39 Å². The van der Waals surface area contributed by atoms with Crippen molar-refractivity contribution in [3.8, 4) is 0 Å². The summed E-state index contributed by atoms with van der Waals surface area (Å²) in [5.74, 6) is -0.272. The summed E-state index contributed by atoms with van der Waals surface area (Å²) in [6.07, 6.45) is 1.96. The second-order valence-electron chi connectivity index (χ2n) is 4.36. The van der Waals surface area contributed by atoms with Gasteiger partial charge in [-0.1, -0.05) is 19.9 Å². The molecule has 0 amide bonds. The van der Waals surface area contributed by atoms with E-state index >= 15 is 0 Å². The SMILES string of the molecule is CCC(C)(CC)NC(=S)Nc1cccc(F)c1. The number of halogens is 1. The van der Waals surface area contributed by atoms with E-state index in [0.717, 1.165) is 12.8 Å². The van der Waals surface area contributed by atoms with Crippen molar-refractivity contribution in [2.75, 3.05) is 5.32 Å². The van der Waals surface area contributed by atoms with Gasteiger partial charge in [0.2, 0.25) is 0 Å². The minimum absolute atomic E-state index is 0.0165. The van der Waals surface area contributed by atoms with Gasteiger partial charge < -0.3 is 10.6 Å². The lowest BCUT2D eigenvalue weighted by molar-refractivity contribution is 0.391. The van der Waals surface area contributed by atoms with E-state index in [0.29, 0.717) is 10.8 Å². The van der Waals surface area contributed by atoms with Gasteiger partial charge in [0.25, 0.3) is 0 Å². The summed E-state index contributed by atoms with van der Waals surface area (Å²) < 4.78 is 13.0. The fraction of sp³-hybridized carbons (Fsp3) is 0.462. The number of rotatable bonds is 4. The average Bonchev–Trinajstić information content (AvgIpc) is 2.28. The highest BCUT2D eigenvalue weighted by Gasteiger charge is 2.19. The Morgan fingerprint density at radius 1 is 1.35 bits per heavy atom. The third-order valence-electron chi connectivity index (χ3n) is 3.06. The number of hydrogen-bond acceptors (Lipinski definition) is 1. The number of thiocarbonyl (C=S) groups is 1. The highest BCUT2D eigenvalue weighted by atomic mass is 32.1. The minimum Gasteiger partial charge on any atom is -0.357 e. The molecule has 0 saturated carbocycles. The van der Waals surface area contributed by atoms with Crippen molar-refractivity contribution in [2.24, 2.45) is 0 Å². The molecular weight excluding hydrogens is 235 g/mol. The summed E-state index contributed by atoms with van der Waals surface area (Å²) in [5.41, 5.74) is 0.647. The van der Waals surface area contributed by atoms with Crippen LogP contribution >= 0.6 is 12.2 Å². The quantitative estimate of drug-likeness (QED) is 0.801. The lowest BCUT2D eigenvalue weighted by Crippen LogP contribution is -2.46. The molecule has 0 spiro atoms. The molecule has 1 aromatic carbocycles. The zero-order valence-corrected chi connectivity index (χ0v) is 11.3. The molecule has 0 saturated heterocycles. The molecule has 0 radical (unpaired) electrons. The predicted molar refractivity (Wildman–Crippen MR) is 74.7 cm³/mol. The molecule has 2 nitrogen and oxygen atoms in total. The summed E-state index contributed by atoms with van der Waals surface area (Å²) in [6.45, 7) is 6.34. The van der Waals surface area contributed by atoms with E-state index in [1.54, 1.807) is 12.1 Å². The first-order chi connectivity index (χ1) is 7.99. The van der Waals surface area contributed by atoms with Gasteiger partial charge in [0, 0.05) is 11.2 Å². The van der Waals surface area contributed by atoms with Gasteiger partial charge in [-0.15, -0.1) is 0 Å². The van der Waals surface area contributed by atoms with Gasteiger partial charge in [0.1, 0.15) is 5.82 Å². The van der Waals surface area contributed by atoms with Crippen LogP contribution in [-0.2, 0) is 0 Å². The zero-order chi connectivity index (χ0) is 12.9. The van der Waals surface area contributed by atoms with Gasteiger partial charge >= 0.3 is 0 Å². The summed E-state index contributed by atoms with van der Waals surface area (Å²) in [4.78, 5) is 0. The fourth-order valence-corrected chi connectivity index (χ4v) is 1.79. The molecule has 17 heavy (non-hydrogen) atoms. The Labute approximate surface area is 108 Å². The maximum atomic E-state index is 13.0. The maximum Gasteiger partial charge on any atom is 0.171 e. The van der Waals surface area contributed by atoms with Crippen molar-refractivity contribution in [2.45, 2.75) is 39.2 Å². The number of hydrogen-bond donors (Lipinski definition) is 2. The normalized spacial score (nSPS) is 11.1. The second kappa shape index (κ2) is 5.96. The number of anilines is 1. The molecule has 0 aliphatic carbocycles. The molecule has 0 aromatic heterocycles. The van der Waals surface area contributed by atoms with Gasteiger partial charge in [0.05, 0.1) is 0 Å². The molecular formula is C13H19FN2S. The molecule has 1 rings (SSSR count). The first kappa shape index (κ1) is 13.9. The van der Waals surface area contributed by atoms with Crippen LogP contribution in [0.3, 0.4) is 0 Å². The summed E-state index contributed by atoms with van der Waals surface area (Å²) in [7, 11) is 0. The Kier molecular flexibility index (Phi) is 4.87. The molecule has 0 fully saturated rings. The van der Waals surface area contributed by atoms with Gasteiger partial charge in [0.15, 0.2) is 5.11 Å². The number of nitrogens with one attached hydrogen (secondary N) is 2. The van der Waals surface area contributed by atoms with E-state index in [-0.39, 0.29) is 11.4 Å². The van der Waals surface area contributed by atoms with Gasteiger partial charge in [-0.3, -0.25) is 0 Å². The molecule has 0 aliphatic heterocycles. The largest absolute Gasteiger partial charge is 0.357 e. The molecule has 0 bridgehead atoms. The molecule has 0 unspecified atom stereocenters. The van der Waals surface area contributed by atoms with Crippen LogP contribution in [0.15, 0.2) is 24.3 Å². The minimum atomic E-state index is -0.272. The molecule has 0 aliphatic rings. The van der Waals surface area contributed by atoms with E-state index in [4.69, 9.17) is 12.2 Å². The zero-order valence-electron chi connectivity index (χ0n) is 10.5. The predicted octanol–water partition coefficient (Wildman–Crippen LogP) is 3.69. The third kappa shape index (κ3) is 4.30. The third-order valence-corrected chi connectivity index (χ3v) is 3.26. The fourth-order valence-electron chi connectivity index (χ4n) is 1.43. The highest BCUT2D eigenvalue weighted by Crippen LogP contribution is 2.14. The van der Waals surface area contributed by atoms with E-state index < -0.39 is 0 Å². The number of benzene rings is 1. The van der Waals surface area contributed by atoms with Gasteiger partial charge in [-0.05, 0) is 50.2 Å². The first-order valence-corrected chi connectivity index (χ1v) is 6.24. The van der Waals surface area contributed by atoms with Crippen LogP contribution < -0.4 is 10.6 Å². The lowest BCUT2D eigenvalue weighted by Gasteiger charge is -2.29. The van der Waals surface area contributed by atoms with Crippen LogP contribution in [-0.4, -0.2) is 10.7 Å². The van der Waals surface area contributed by atoms with Crippen molar-refractivity contribution in [3.05, 3.63) is 30.1 Å². The Balaban J connectivity index is 2.61. The summed E-state index contributed by atoms with van der Waals surface area (Å²) in [5, 5.41) is 6.78. The second-order valence-corrected chi connectivity index (χ2v) is 4.77. The Morgan fingerprint density at radius 3 is 2.53 bits per heavy atom. The standard InChI is InChI=1S/C13H19FN2S/c1-4-13(3,5-2)16-12(17)15-11-8-6-7-10(14)9-11/h6-9H,4-5H2,1-3H3,(H2,15,16,17). The van der Waals surface area contributed by atoms with Crippen molar-refractivity contribution < 1.29 is 4.39 Å².